The van der Waals surface area contributed by atoms with E-state index in [9.17, 15) is 4.79 Å². The molecule has 0 unspecified atom stereocenters. The summed E-state index contributed by atoms with van der Waals surface area (Å²) in [6, 6.07) is 0. The van der Waals surface area contributed by atoms with E-state index in [1.54, 1.807) is 0 Å². The predicted octanol–water partition coefficient (Wildman–Crippen LogP) is 1.85. The van der Waals surface area contributed by atoms with Crippen LogP contribution in [0.25, 0.3) is 0 Å². The first kappa shape index (κ1) is 16.4. The largest absolute Gasteiger partial charge is 0.373 e. The van der Waals surface area contributed by atoms with Gasteiger partial charge in [-0.25, -0.2) is 4.98 Å². The lowest BCUT2D eigenvalue weighted by Gasteiger charge is -2.35. The summed E-state index contributed by atoms with van der Waals surface area (Å²) in [5.41, 5.74) is 0.836. The van der Waals surface area contributed by atoms with E-state index in [-0.39, 0.29) is 18.1 Å². The first-order chi connectivity index (χ1) is 9.99. The molecule has 0 saturated carbocycles. The number of aromatic nitrogens is 1. The molecule has 2 heterocycles. The smallest absolute Gasteiger partial charge is 0.263 e. The number of rotatable bonds is 5. The molecule has 5 nitrogen and oxygen atoms in total. The Morgan fingerprint density at radius 2 is 2.10 bits per heavy atom. The van der Waals surface area contributed by atoms with Gasteiger partial charge in [-0.15, -0.1) is 11.3 Å². The van der Waals surface area contributed by atoms with Crippen molar-refractivity contribution >= 4 is 17.2 Å². The third-order valence-electron chi connectivity index (χ3n) is 3.56. The van der Waals surface area contributed by atoms with Gasteiger partial charge in [-0.05, 0) is 27.2 Å². The summed E-state index contributed by atoms with van der Waals surface area (Å²) in [5.74, 6) is -0.000874. The summed E-state index contributed by atoms with van der Waals surface area (Å²) in [6.45, 7) is 11.5. The molecular formula is C15H25N3O2S. The lowest BCUT2D eigenvalue weighted by molar-refractivity contribution is -0.0672. The van der Waals surface area contributed by atoms with Gasteiger partial charge in [0.2, 0.25) is 0 Å². The molecular weight excluding hydrogens is 286 g/mol. The van der Waals surface area contributed by atoms with Crippen LogP contribution in [0.1, 0.15) is 41.1 Å². The average Bonchev–Trinajstić information content (AvgIpc) is 2.79. The van der Waals surface area contributed by atoms with Gasteiger partial charge in [-0.1, -0.05) is 6.92 Å². The van der Waals surface area contributed by atoms with Crippen LogP contribution in [0.3, 0.4) is 0 Å². The molecule has 1 aliphatic rings. The molecule has 1 aromatic heterocycles. The van der Waals surface area contributed by atoms with E-state index in [4.69, 9.17) is 4.74 Å². The highest BCUT2D eigenvalue weighted by Crippen LogP contribution is 2.18. The van der Waals surface area contributed by atoms with Gasteiger partial charge < -0.3 is 10.1 Å². The fourth-order valence-electron chi connectivity index (χ4n) is 2.69. The Bertz CT molecular complexity index is 479. The van der Waals surface area contributed by atoms with Crippen molar-refractivity contribution in [3.8, 4) is 0 Å². The van der Waals surface area contributed by atoms with Gasteiger partial charge >= 0.3 is 0 Å². The number of thiazole rings is 1. The molecule has 0 spiro atoms. The van der Waals surface area contributed by atoms with Crippen molar-refractivity contribution in [1.29, 1.82) is 0 Å². The Kier molecular flexibility index (Phi) is 5.72. The zero-order valence-electron chi connectivity index (χ0n) is 13.3. The zero-order valence-corrected chi connectivity index (χ0v) is 14.1. The van der Waals surface area contributed by atoms with Crippen LogP contribution in [0.5, 0.6) is 0 Å². The standard InChI is InChI=1S/C15H25N3O2S/c1-5-13-17-12(4)14(21-13)15(19)16-6-7-18-8-10(2)20-11(3)9-18/h10-11H,5-9H2,1-4H3,(H,16,19)/t10-,11-/m0/s1. The minimum Gasteiger partial charge on any atom is -0.373 e. The number of morpholine rings is 1. The van der Waals surface area contributed by atoms with E-state index in [2.05, 4.69) is 36.0 Å². The molecule has 1 aliphatic heterocycles. The van der Waals surface area contributed by atoms with Crippen molar-refractivity contribution in [2.24, 2.45) is 0 Å². The number of hydrogen-bond donors (Lipinski definition) is 1. The van der Waals surface area contributed by atoms with Crippen molar-refractivity contribution in [2.45, 2.75) is 46.3 Å². The quantitative estimate of drug-likeness (QED) is 0.902. The van der Waals surface area contributed by atoms with Gasteiger partial charge in [0.15, 0.2) is 0 Å². The van der Waals surface area contributed by atoms with Crippen molar-refractivity contribution < 1.29 is 9.53 Å². The highest BCUT2D eigenvalue weighted by atomic mass is 32.1. The lowest BCUT2D eigenvalue weighted by atomic mass is 10.2. The third-order valence-corrected chi connectivity index (χ3v) is 4.86. The van der Waals surface area contributed by atoms with Gasteiger partial charge in [0.05, 0.1) is 22.9 Å². The summed E-state index contributed by atoms with van der Waals surface area (Å²) in [5, 5.41) is 4.02. The van der Waals surface area contributed by atoms with E-state index in [0.29, 0.717) is 6.54 Å². The molecule has 1 saturated heterocycles. The summed E-state index contributed by atoms with van der Waals surface area (Å²) in [6.07, 6.45) is 1.41. The lowest BCUT2D eigenvalue weighted by Crippen LogP contribution is -2.47. The number of nitrogens with zero attached hydrogens (tertiary/aromatic N) is 2. The Hall–Kier alpha value is -0.980. The third kappa shape index (κ3) is 4.49. The van der Waals surface area contributed by atoms with Crippen molar-refractivity contribution in [2.75, 3.05) is 26.2 Å². The van der Waals surface area contributed by atoms with Crippen LogP contribution in [-0.4, -0.2) is 54.2 Å². The molecule has 0 aromatic carbocycles. The predicted molar refractivity (Wildman–Crippen MR) is 85.0 cm³/mol. The van der Waals surface area contributed by atoms with E-state index in [1.807, 2.05) is 6.92 Å². The maximum absolute atomic E-state index is 12.2. The van der Waals surface area contributed by atoms with Gasteiger partial charge in [0, 0.05) is 26.2 Å². The summed E-state index contributed by atoms with van der Waals surface area (Å²) in [4.78, 5) is 19.7. The molecule has 0 radical (unpaired) electrons. The maximum Gasteiger partial charge on any atom is 0.263 e. The minimum atomic E-state index is -0.000874. The normalized spacial score (nSPS) is 23.2. The Labute approximate surface area is 130 Å². The summed E-state index contributed by atoms with van der Waals surface area (Å²) < 4.78 is 5.71. The monoisotopic (exact) mass is 311 g/mol. The fraction of sp³-hybridized carbons (Fsp3) is 0.733. The van der Waals surface area contributed by atoms with Crippen molar-refractivity contribution in [3.05, 3.63) is 15.6 Å². The Balaban J connectivity index is 1.80. The second-order valence-corrected chi connectivity index (χ2v) is 6.73. The summed E-state index contributed by atoms with van der Waals surface area (Å²) >= 11 is 1.50. The molecule has 6 heteroatoms. The first-order valence-electron chi connectivity index (χ1n) is 7.62. The second kappa shape index (κ2) is 7.33. The number of ether oxygens (including phenoxy) is 1. The number of aryl methyl sites for hydroxylation is 2. The SMILES string of the molecule is CCc1nc(C)c(C(=O)NCCN2C[C@H](C)O[C@@H](C)C2)s1. The number of amides is 1. The summed E-state index contributed by atoms with van der Waals surface area (Å²) in [7, 11) is 0. The van der Waals surface area contributed by atoms with Crippen molar-refractivity contribution in [3.63, 3.8) is 0 Å². The van der Waals surface area contributed by atoms with Crippen LogP contribution in [0, 0.1) is 6.92 Å². The minimum absolute atomic E-state index is 0.000874. The molecule has 1 amide bonds. The number of hydrogen-bond acceptors (Lipinski definition) is 5. The molecule has 0 bridgehead atoms. The highest BCUT2D eigenvalue weighted by molar-refractivity contribution is 7.13. The molecule has 0 aliphatic carbocycles. The number of carbonyl (C=O) groups excluding carboxylic acids is 1. The van der Waals surface area contributed by atoms with Crippen LogP contribution in [0.2, 0.25) is 0 Å². The van der Waals surface area contributed by atoms with E-state index in [1.165, 1.54) is 11.3 Å². The van der Waals surface area contributed by atoms with Gasteiger partial charge in [-0.3, -0.25) is 9.69 Å². The fourth-order valence-corrected chi connectivity index (χ4v) is 3.61. The van der Waals surface area contributed by atoms with Crippen molar-refractivity contribution in [1.82, 2.24) is 15.2 Å². The number of nitrogens with one attached hydrogen (secondary N) is 1. The topological polar surface area (TPSA) is 54.5 Å². The van der Waals surface area contributed by atoms with E-state index >= 15 is 0 Å². The van der Waals surface area contributed by atoms with Crippen LogP contribution in [0.4, 0.5) is 0 Å². The Morgan fingerprint density at radius 3 is 2.67 bits per heavy atom. The average molecular weight is 311 g/mol. The van der Waals surface area contributed by atoms with Gasteiger partial charge in [-0.2, -0.15) is 0 Å². The second-order valence-electron chi connectivity index (χ2n) is 5.65. The zero-order chi connectivity index (χ0) is 15.4. The molecule has 1 aromatic rings. The van der Waals surface area contributed by atoms with Gasteiger partial charge in [0.25, 0.3) is 5.91 Å². The molecule has 118 valence electrons. The molecule has 2 atom stereocenters. The maximum atomic E-state index is 12.2. The highest BCUT2D eigenvalue weighted by Gasteiger charge is 2.22. The van der Waals surface area contributed by atoms with E-state index < -0.39 is 0 Å². The van der Waals surface area contributed by atoms with Gasteiger partial charge in [0.1, 0.15) is 4.88 Å². The van der Waals surface area contributed by atoms with Crippen LogP contribution >= 0.6 is 11.3 Å². The van der Waals surface area contributed by atoms with E-state index in [0.717, 1.165) is 41.6 Å². The van der Waals surface area contributed by atoms with Crippen LogP contribution in [-0.2, 0) is 11.2 Å². The van der Waals surface area contributed by atoms with Crippen LogP contribution in [0.15, 0.2) is 0 Å². The molecule has 1 N–H and O–H groups in total. The number of carbonyl (C=O) groups is 1. The molecule has 2 rings (SSSR count). The first-order valence-corrected chi connectivity index (χ1v) is 8.43. The van der Waals surface area contributed by atoms with Crippen LogP contribution < -0.4 is 5.32 Å². The molecule has 1 fully saturated rings. The Morgan fingerprint density at radius 1 is 1.43 bits per heavy atom. The molecule has 21 heavy (non-hydrogen) atoms.